The zero-order chi connectivity index (χ0) is 33.5. The van der Waals surface area contributed by atoms with Gasteiger partial charge in [-0.3, -0.25) is 0 Å². The number of ether oxygens (including phenoxy) is 2. The molecule has 0 aliphatic rings. The van der Waals surface area contributed by atoms with E-state index in [2.05, 4.69) is 70.2 Å². The number of rotatable bonds is 7. The van der Waals surface area contributed by atoms with E-state index in [0.717, 1.165) is 66.6 Å². The molecule has 0 spiro atoms. The van der Waals surface area contributed by atoms with E-state index < -0.39 is 0 Å². The van der Waals surface area contributed by atoms with Gasteiger partial charge in [0.25, 0.3) is 0 Å². The Bertz CT molecular complexity index is 2330. The summed E-state index contributed by atoms with van der Waals surface area (Å²) >= 11 is 0. The van der Waals surface area contributed by atoms with Gasteiger partial charge in [0.1, 0.15) is 0 Å². The second kappa shape index (κ2) is 15.1. The fourth-order valence-electron chi connectivity index (χ4n) is 6.08. The molecule has 0 aliphatic carbocycles. The van der Waals surface area contributed by atoms with Gasteiger partial charge in [-0.05, 0) is 29.6 Å². The summed E-state index contributed by atoms with van der Waals surface area (Å²) in [6.45, 7) is 8.13. The van der Waals surface area contributed by atoms with E-state index >= 15 is 0 Å². The Morgan fingerprint density at radius 3 is 1.37 bits per heavy atom. The molecule has 0 amide bonds. The summed E-state index contributed by atoms with van der Waals surface area (Å²) in [5, 5.41) is 1.90. The average molecular weight is 849 g/mol. The summed E-state index contributed by atoms with van der Waals surface area (Å²) in [6.07, 6.45) is 6.99. The van der Waals surface area contributed by atoms with Crippen LogP contribution >= 0.6 is 0 Å². The van der Waals surface area contributed by atoms with Gasteiger partial charge in [-0.15, -0.1) is 58.7 Å². The molecule has 254 valence electrons. The first-order valence-corrected chi connectivity index (χ1v) is 15.9. The number of nitrogens with zero attached hydrogens (tertiary/aromatic N) is 5. The van der Waals surface area contributed by atoms with Crippen LogP contribution in [0.25, 0.3) is 50.3 Å². The summed E-state index contributed by atoms with van der Waals surface area (Å²) < 4.78 is 14.8. The standard InChI is InChI=1S/C42H29N5O2.2Pd/c1-26-20-28(3)40(24-34(26)36-10-5-7-16-43-36)48-30-12-14-32-33-15-13-31(23-39(33)47(38(32)22-30)42-45-18-9-19-46-42)49-41-25-35(27(2)21-29(41)4)37-11-6-8-17-44-37;;/h5-21H,1-4H3;;/q-4;2*+2. The van der Waals surface area contributed by atoms with E-state index in [1.807, 2.05) is 79.1 Å². The Morgan fingerprint density at radius 2 is 0.941 bits per heavy atom. The minimum absolute atomic E-state index is 0. The molecule has 0 fully saturated rings. The molecule has 4 heterocycles. The molecular weight excluding hydrogens is 819 g/mol. The molecule has 4 aromatic carbocycles. The number of fused-ring (bicyclic) bond motifs is 3. The maximum Gasteiger partial charge on any atom is 2.00 e. The van der Waals surface area contributed by atoms with Crippen LogP contribution in [0.5, 0.6) is 23.0 Å². The molecule has 0 saturated carbocycles. The van der Waals surface area contributed by atoms with Crippen molar-refractivity contribution in [1.29, 1.82) is 0 Å². The molecule has 0 unspecified atom stereocenters. The van der Waals surface area contributed by atoms with E-state index in [0.29, 0.717) is 28.9 Å². The molecule has 0 radical (unpaired) electrons. The van der Waals surface area contributed by atoms with Gasteiger partial charge in [0, 0.05) is 47.8 Å². The second-order valence-electron chi connectivity index (χ2n) is 11.9. The maximum atomic E-state index is 6.46. The van der Waals surface area contributed by atoms with Crippen LogP contribution in [-0.4, -0.2) is 24.5 Å². The normalized spacial score (nSPS) is 10.8. The van der Waals surface area contributed by atoms with E-state index in [1.165, 1.54) is 0 Å². The predicted octanol–water partition coefficient (Wildman–Crippen LogP) is 9.71. The van der Waals surface area contributed by atoms with E-state index in [4.69, 9.17) is 9.47 Å². The van der Waals surface area contributed by atoms with Crippen molar-refractivity contribution < 1.29 is 50.3 Å². The largest absolute Gasteiger partial charge is 2.00 e. The Kier molecular flexibility index (Phi) is 10.6. The van der Waals surface area contributed by atoms with Crippen molar-refractivity contribution in [3.63, 3.8) is 0 Å². The maximum absolute atomic E-state index is 6.46. The quantitative estimate of drug-likeness (QED) is 0.118. The second-order valence-corrected chi connectivity index (χ2v) is 11.9. The first-order valence-electron chi connectivity index (χ1n) is 15.9. The third-order valence-corrected chi connectivity index (χ3v) is 8.40. The zero-order valence-electron chi connectivity index (χ0n) is 28.0. The van der Waals surface area contributed by atoms with Crippen molar-refractivity contribution in [2.75, 3.05) is 0 Å². The SMILES string of the molecule is Cc1cc(C)c(-c2ccccn2)[c-]c1Oc1[c-]c2c(cc1)c1ccc(Oc3[c-]c(-c4ccccn4)c(C)cc3C)[c-]c1n2-c1ncccn1.[Pd+2].[Pd+2]. The third-order valence-electron chi connectivity index (χ3n) is 8.40. The Morgan fingerprint density at radius 1 is 0.490 bits per heavy atom. The van der Waals surface area contributed by atoms with Gasteiger partial charge in [0.2, 0.25) is 5.95 Å². The number of hydrogen-bond donors (Lipinski definition) is 0. The Labute approximate surface area is 324 Å². The van der Waals surface area contributed by atoms with Crippen molar-refractivity contribution in [3.8, 4) is 51.5 Å². The van der Waals surface area contributed by atoms with E-state index in [-0.39, 0.29) is 40.8 Å². The molecule has 9 heteroatoms. The molecule has 0 atom stereocenters. The smallest absolute Gasteiger partial charge is 0.503 e. The number of pyridine rings is 2. The fourth-order valence-corrected chi connectivity index (χ4v) is 6.08. The van der Waals surface area contributed by atoms with Crippen LogP contribution < -0.4 is 9.47 Å². The molecule has 8 aromatic rings. The van der Waals surface area contributed by atoms with Crippen LogP contribution in [0.15, 0.2) is 104 Å². The molecule has 7 nitrogen and oxygen atoms in total. The third kappa shape index (κ3) is 7.00. The fraction of sp³-hybridized carbons (Fsp3) is 0.0952. The molecular formula is C42H29N5O2Pd2. The van der Waals surface area contributed by atoms with Crippen molar-refractivity contribution >= 4 is 21.8 Å². The summed E-state index contributed by atoms with van der Waals surface area (Å²) in [4.78, 5) is 18.2. The minimum Gasteiger partial charge on any atom is -0.503 e. The Hall–Kier alpha value is -5.02. The van der Waals surface area contributed by atoms with Crippen LogP contribution in [0.1, 0.15) is 22.3 Å². The van der Waals surface area contributed by atoms with Crippen LogP contribution in [0.2, 0.25) is 0 Å². The van der Waals surface area contributed by atoms with Gasteiger partial charge in [0.15, 0.2) is 0 Å². The van der Waals surface area contributed by atoms with Crippen LogP contribution in [0.4, 0.5) is 0 Å². The molecule has 0 saturated heterocycles. The van der Waals surface area contributed by atoms with Crippen molar-refractivity contribution in [1.82, 2.24) is 24.5 Å². The number of hydrogen-bond acceptors (Lipinski definition) is 6. The minimum atomic E-state index is 0. The van der Waals surface area contributed by atoms with Crippen LogP contribution in [0, 0.1) is 52.0 Å². The van der Waals surface area contributed by atoms with Gasteiger partial charge < -0.3 is 24.0 Å². The molecule has 4 aromatic heterocycles. The topological polar surface area (TPSA) is 75.0 Å². The summed E-state index contributed by atoms with van der Waals surface area (Å²) in [5.74, 6) is 2.77. The van der Waals surface area contributed by atoms with Crippen LogP contribution in [0.3, 0.4) is 0 Å². The van der Waals surface area contributed by atoms with E-state index in [9.17, 15) is 0 Å². The summed E-state index contributed by atoms with van der Waals surface area (Å²) in [5.41, 5.74) is 9.03. The van der Waals surface area contributed by atoms with Gasteiger partial charge >= 0.3 is 40.8 Å². The average Bonchev–Trinajstić information content (AvgIpc) is 3.44. The molecule has 51 heavy (non-hydrogen) atoms. The predicted molar refractivity (Wildman–Crippen MR) is 190 cm³/mol. The molecule has 0 bridgehead atoms. The van der Waals surface area contributed by atoms with Crippen molar-refractivity contribution in [2.24, 2.45) is 0 Å². The monoisotopic (exact) mass is 847 g/mol. The number of aryl methyl sites for hydroxylation is 4. The first kappa shape index (κ1) is 35.8. The van der Waals surface area contributed by atoms with Gasteiger partial charge in [0.05, 0.1) is 0 Å². The number of aromatic nitrogens is 5. The summed E-state index contributed by atoms with van der Waals surface area (Å²) in [7, 11) is 0. The Balaban J connectivity index is 0.00000224. The molecule has 0 N–H and O–H groups in total. The van der Waals surface area contributed by atoms with Crippen LogP contribution in [-0.2, 0) is 40.8 Å². The zero-order valence-corrected chi connectivity index (χ0v) is 31.1. The van der Waals surface area contributed by atoms with Crippen molar-refractivity contribution in [3.05, 3.63) is 150 Å². The first-order chi connectivity index (χ1) is 23.9. The number of benzene rings is 4. The van der Waals surface area contributed by atoms with E-state index in [1.54, 1.807) is 30.9 Å². The molecule has 8 rings (SSSR count). The molecule has 0 aliphatic heterocycles. The van der Waals surface area contributed by atoms with Crippen molar-refractivity contribution in [2.45, 2.75) is 27.7 Å². The van der Waals surface area contributed by atoms with Gasteiger partial charge in [-0.1, -0.05) is 86.3 Å². The van der Waals surface area contributed by atoms with Gasteiger partial charge in [-0.2, -0.15) is 22.9 Å². The summed E-state index contributed by atoms with van der Waals surface area (Å²) in [6, 6.07) is 39.4. The van der Waals surface area contributed by atoms with Gasteiger partial charge in [-0.25, -0.2) is 9.97 Å².